The summed E-state index contributed by atoms with van der Waals surface area (Å²) in [7, 11) is 0. The highest BCUT2D eigenvalue weighted by Crippen LogP contribution is 2.44. The Labute approximate surface area is 193 Å². The molecule has 8 nitrogen and oxygen atoms in total. The molecule has 3 N–H and O–H groups in total. The molecular weight excluding hydrogens is 410 g/mol. The quantitative estimate of drug-likeness (QED) is 0.492. The third-order valence-electron chi connectivity index (χ3n) is 7.34. The molecule has 0 aromatic heterocycles. The van der Waals surface area contributed by atoms with Crippen LogP contribution in [-0.2, 0) is 9.59 Å². The predicted octanol–water partition coefficient (Wildman–Crippen LogP) is 4.28. The summed E-state index contributed by atoms with van der Waals surface area (Å²) in [4.78, 5) is 26.5. The molecule has 0 saturated carbocycles. The van der Waals surface area contributed by atoms with Crippen LogP contribution in [0.4, 0.5) is 0 Å². The number of aliphatic carboxylic acids is 1. The van der Waals surface area contributed by atoms with Gasteiger partial charge in [-0.05, 0) is 93.9 Å². The third-order valence-corrected chi connectivity index (χ3v) is 7.34. The summed E-state index contributed by atoms with van der Waals surface area (Å²) in [6.07, 6.45) is 3.99. The summed E-state index contributed by atoms with van der Waals surface area (Å²) in [6, 6.07) is -0.0885. The van der Waals surface area contributed by atoms with Crippen molar-refractivity contribution in [3.8, 4) is 0 Å². The first-order valence-electron chi connectivity index (χ1n) is 11.9. The highest BCUT2D eigenvalue weighted by molar-refractivity contribution is 5.77. The van der Waals surface area contributed by atoms with Crippen molar-refractivity contribution < 1.29 is 25.1 Å². The number of nitrogens with zero attached hydrogens (tertiary/aromatic N) is 3. The Kier molecular flexibility index (Phi) is 7.77. The van der Waals surface area contributed by atoms with Crippen LogP contribution in [0.5, 0.6) is 0 Å². The van der Waals surface area contributed by atoms with Crippen LogP contribution in [0.1, 0.15) is 107 Å². The van der Waals surface area contributed by atoms with E-state index in [0.29, 0.717) is 44.9 Å². The zero-order chi connectivity index (χ0) is 24.7. The SMILES string of the molecule is CC1(C)CC(N(C(=O)CCCCC(=O)O)C2CC(C)(C)N(O)C(C)(C)C2)CC(C)(C)N1O. The molecule has 0 spiro atoms. The summed E-state index contributed by atoms with van der Waals surface area (Å²) in [5.74, 6) is -0.798. The van der Waals surface area contributed by atoms with E-state index in [1.807, 2.05) is 60.3 Å². The molecule has 0 bridgehead atoms. The van der Waals surface area contributed by atoms with Crippen LogP contribution in [0.15, 0.2) is 0 Å². The highest BCUT2D eigenvalue weighted by Gasteiger charge is 2.52. The number of rotatable bonds is 7. The standard InChI is InChI=1S/C24H45N3O5/c1-21(2)13-17(14-22(3,4)26(21)31)25(19(28)11-9-10-12-20(29)30)18-15-23(5,6)27(32)24(7,8)16-18/h17-18,31-32H,9-16H2,1-8H3,(H,29,30). The van der Waals surface area contributed by atoms with E-state index in [2.05, 4.69) is 0 Å². The maximum atomic E-state index is 13.6. The van der Waals surface area contributed by atoms with Crippen LogP contribution >= 0.6 is 0 Å². The predicted molar refractivity (Wildman–Crippen MR) is 123 cm³/mol. The van der Waals surface area contributed by atoms with Crippen LogP contribution in [0, 0.1) is 0 Å². The van der Waals surface area contributed by atoms with Crippen LogP contribution in [0.25, 0.3) is 0 Å². The zero-order valence-electron chi connectivity index (χ0n) is 21.3. The number of hydrogen-bond donors (Lipinski definition) is 3. The van der Waals surface area contributed by atoms with Gasteiger partial charge in [-0.3, -0.25) is 9.59 Å². The number of amides is 1. The summed E-state index contributed by atoms with van der Waals surface area (Å²) >= 11 is 0. The Hall–Kier alpha value is -1.22. The average Bonchev–Trinajstić information content (AvgIpc) is 2.60. The zero-order valence-corrected chi connectivity index (χ0v) is 21.3. The maximum absolute atomic E-state index is 13.6. The van der Waals surface area contributed by atoms with E-state index < -0.39 is 28.1 Å². The third kappa shape index (κ3) is 5.82. The summed E-state index contributed by atoms with van der Waals surface area (Å²) < 4.78 is 0. The molecule has 2 aliphatic rings. The molecule has 186 valence electrons. The van der Waals surface area contributed by atoms with E-state index >= 15 is 0 Å². The molecule has 2 saturated heterocycles. The fourth-order valence-electron chi connectivity index (χ4n) is 6.22. The van der Waals surface area contributed by atoms with Crippen molar-refractivity contribution in [3.05, 3.63) is 0 Å². The normalized spacial score (nSPS) is 26.1. The molecule has 0 unspecified atom stereocenters. The molecule has 0 aromatic carbocycles. The fraction of sp³-hybridized carbons (Fsp3) is 0.917. The summed E-state index contributed by atoms with van der Waals surface area (Å²) in [5, 5.41) is 33.3. The van der Waals surface area contributed by atoms with Crippen molar-refractivity contribution >= 4 is 11.9 Å². The van der Waals surface area contributed by atoms with Crippen molar-refractivity contribution in [2.45, 2.75) is 141 Å². The molecule has 2 heterocycles. The number of hydrogen-bond acceptors (Lipinski definition) is 6. The number of piperidine rings is 2. The van der Waals surface area contributed by atoms with Gasteiger partial charge in [-0.2, -0.15) is 10.1 Å². The molecule has 8 heteroatoms. The fourth-order valence-corrected chi connectivity index (χ4v) is 6.22. The van der Waals surface area contributed by atoms with Crippen LogP contribution < -0.4 is 0 Å². The monoisotopic (exact) mass is 455 g/mol. The molecule has 1 amide bonds. The minimum absolute atomic E-state index is 0.0429. The van der Waals surface area contributed by atoms with Crippen LogP contribution in [0.2, 0.25) is 0 Å². The molecule has 0 atom stereocenters. The minimum Gasteiger partial charge on any atom is -0.481 e. The summed E-state index contributed by atoms with van der Waals surface area (Å²) in [5.41, 5.74) is -1.96. The van der Waals surface area contributed by atoms with Gasteiger partial charge in [0.2, 0.25) is 5.91 Å². The van der Waals surface area contributed by atoms with Gasteiger partial charge >= 0.3 is 5.97 Å². The first kappa shape index (κ1) is 27.0. The summed E-state index contributed by atoms with van der Waals surface area (Å²) in [6.45, 7) is 16.0. The van der Waals surface area contributed by atoms with Gasteiger partial charge in [-0.1, -0.05) is 0 Å². The topological polar surface area (TPSA) is 105 Å². The number of carbonyl (C=O) groups excluding carboxylic acids is 1. The lowest BCUT2D eigenvalue weighted by Crippen LogP contribution is -2.68. The Bertz CT molecular complexity index is 626. The average molecular weight is 456 g/mol. The second-order valence-electron chi connectivity index (χ2n) is 12.4. The minimum atomic E-state index is -0.841. The molecule has 0 aromatic rings. The Balaban J connectivity index is 2.35. The van der Waals surface area contributed by atoms with Crippen LogP contribution in [0.3, 0.4) is 0 Å². The second kappa shape index (κ2) is 9.20. The number of hydroxylamine groups is 4. The van der Waals surface area contributed by atoms with Gasteiger partial charge in [0.1, 0.15) is 0 Å². The number of unbranched alkanes of at least 4 members (excludes halogenated alkanes) is 1. The second-order valence-corrected chi connectivity index (χ2v) is 12.4. The lowest BCUT2D eigenvalue weighted by molar-refractivity contribution is -0.265. The van der Waals surface area contributed by atoms with Crippen molar-refractivity contribution in [1.29, 1.82) is 0 Å². The van der Waals surface area contributed by atoms with E-state index in [0.717, 1.165) is 0 Å². The van der Waals surface area contributed by atoms with Gasteiger partial charge in [0.05, 0.1) is 0 Å². The van der Waals surface area contributed by atoms with Gasteiger partial charge in [-0.15, -0.1) is 0 Å². The van der Waals surface area contributed by atoms with Crippen molar-refractivity contribution in [2.24, 2.45) is 0 Å². The molecule has 2 aliphatic heterocycles. The van der Waals surface area contributed by atoms with E-state index in [1.165, 1.54) is 10.1 Å². The van der Waals surface area contributed by atoms with E-state index in [4.69, 9.17) is 5.11 Å². The number of carbonyl (C=O) groups is 2. The van der Waals surface area contributed by atoms with Crippen molar-refractivity contribution in [3.63, 3.8) is 0 Å². The smallest absolute Gasteiger partial charge is 0.303 e. The molecule has 0 radical (unpaired) electrons. The molecule has 2 rings (SSSR count). The number of carboxylic acid groups (broad SMARTS) is 1. The number of carboxylic acids is 1. The lowest BCUT2D eigenvalue weighted by atomic mass is 9.74. The van der Waals surface area contributed by atoms with Crippen molar-refractivity contribution in [2.75, 3.05) is 0 Å². The molecular formula is C24H45N3O5. The maximum Gasteiger partial charge on any atom is 0.303 e. The first-order valence-corrected chi connectivity index (χ1v) is 11.9. The van der Waals surface area contributed by atoms with Gasteiger partial charge in [0, 0.05) is 47.1 Å². The largest absolute Gasteiger partial charge is 0.481 e. The molecule has 2 fully saturated rings. The molecule has 0 aliphatic carbocycles. The van der Waals surface area contributed by atoms with Crippen LogP contribution in [-0.4, -0.2) is 76.7 Å². The van der Waals surface area contributed by atoms with Crippen molar-refractivity contribution in [1.82, 2.24) is 15.0 Å². The van der Waals surface area contributed by atoms with E-state index in [9.17, 15) is 20.0 Å². The lowest BCUT2D eigenvalue weighted by Gasteiger charge is -2.58. The Morgan fingerprint density at radius 3 is 1.34 bits per heavy atom. The Morgan fingerprint density at radius 2 is 1.03 bits per heavy atom. The highest BCUT2D eigenvalue weighted by atomic mass is 16.5. The molecule has 32 heavy (non-hydrogen) atoms. The van der Waals surface area contributed by atoms with E-state index in [1.54, 1.807) is 0 Å². The Morgan fingerprint density at radius 1 is 0.719 bits per heavy atom. The van der Waals surface area contributed by atoms with Gasteiger partial charge < -0.3 is 20.4 Å². The van der Waals surface area contributed by atoms with E-state index in [-0.39, 0.29) is 24.4 Å². The first-order chi connectivity index (χ1) is 14.4. The van der Waals surface area contributed by atoms with Gasteiger partial charge in [0.25, 0.3) is 0 Å². The van der Waals surface area contributed by atoms with Gasteiger partial charge in [0.15, 0.2) is 0 Å². The van der Waals surface area contributed by atoms with Gasteiger partial charge in [-0.25, -0.2) is 0 Å².